The van der Waals surface area contributed by atoms with Gasteiger partial charge in [-0.2, -0.15) is 0 Å². The van der Waals surface area contributed by atoms with Crippen LogP contribution in [0.25, 0.3) is 16.0 Å². The summed E-state index contributed by atoms with van der Waals surface area (Å²) >= 11 is 1.17. The lowest BCUT2D eigenvalue weighted by Gasteiger charge is -1.98. The topological polar surface area (TPSA) is 82.1 Å². The van der Waals surface area contributed by atoms with Crippen molar-refractivity contribution in [2.75, 3.05) is 0 Å². The number of hydrogen-bond donors (Lipinski definition) is 0. The van der Waals surface area contributed by atoms with E-state index >= 15 is 0 Å². The van der Waals surface area contributed by atoms with Gasteiger partial charge in [-0.15, -0.1) is 0 Å². The van der Waals surface area contributed by atoms with Crippen molar-refractivity contribution in [1.29, 1.82) is 0 Å². The van der Waals surface area contributed by atoms with Crippen molar-refractivity contribution in [3.63, 3.8) is 0 Å². The van der Waals surface area contributed by atoms with Crippen LogP contribution in [0.1, 0.15) is 12.3 Å². The summed E-state index contributed by atoms with van der Waals surface area (Å²) in [5, 5.41) is 10.0. The third-order valence-corrected chi connectivity index (χ3v) is 3.64. The molecule has 6 nitrogen and oxygen atoms in total. The average Bonchev–Trinajstić information content (AvgIpc) is 2.95. The molecular weight excluding hydrogens is 242 g/mol. The largest absolute Gasteiger partial charge is 0.435 e. The number of pyridine rings is 1. The van der Waals surface area contributed by atoms with Gasteiger partial charge in [0.2, 0.25) is 5.89 Å². The fraction of sp³-hybridized carbons (Fsp3) is 0.200. The molecule has 0 saturated carbocycles. The molecule has 0 aromatic carbocycles. The first-order chi connectivity index (χ1) is 8.24. The zero-order valence-electron chi connectivity index (χ0n) is 8.57. The molecular formula is C10H7N3O3S. The second kappa shape index (κ2) is 3.85. The molecule has 3 heterocycles. The predicted molar refractivity (Wildman–Crippen MR) is 62.8 cm³/mol. The second-order valence-corrected chi connectivity index (χ2v) is 4.74. The van der Waals surface area contributed by atoms with E-state index in [-0.39, 0.29) is 4.92 Å². The van der Waals surface area contributed by atoms with Crippen molar-refractivity contribution in [1.82, 2.24) is 9.97 Å². The Balaban J connectivity index is 1.93. The maximum absolute atomic E-state index is 10.6. The van der Waals surface area contributed by atoms with Gasteiger partial charge in [0.15, 0.2) is 5.58 Å². The van der Waals surface area contributed by atoms with Crippen molar-refractivity contribution >= 4 is 27.8 Å². The van der Waals surface area contributed by atoms with Gasteiger partial charge in [0.05, 0.1) is 11.1 Å². The zero-order chi connectivity index (χ0) is 11.8. The summed E-state index contributed by atoms with van der Waals surface area (Å²) in [5.41, 5.74) is 1.30. The molecule has 7 heteroatoms. The molecule has 3 rings (SSSR count). The number of fused-ring (bicyclic) bond motifs is 1. The highest BCUT2D eigenvalue weighted by Gasteiger charge is 2.30. The van der Waals surface area contributed by atoms with Gasteiger partial charge in [0.25, 0.3) is 5.37 Å². The standard InChI is InChI=1S/C10H7N3O3S/c14-13(15)9-2-1-8(17-9)10-12-6-5-11-4-3-7(6)16-10/h1,3-5,9H,2H2. The first-order valence-electron chi connectivity index (χ1n) is 4.95. The van der Waals surface area contributed by atoms with Gasteiger partial charge in [-0.3, -0.25) is 15.1 Å². The van der Waals surface area contributed by atoms with Gasteiger partial charge in [-0.25, -0.2) is 4.98 Å². The number of rotatable bonds is 2. The predicted octanol–water partition coefficient (Wildman–Crippen LogP) is 2.30. The lowest BCUT2D eigenvalue weighted by molar-refractivity contribution is -0.493. The lowest BCUT2D eigenvalue weighted by Crippen LogP contribution is -2.10. The summed E-state index contributed by atoms with van der Waals surface area (Å²) in [6, 6.07) is 1.72. The number of aromatic nitrogens is 2. The number of nitrogens with zero attached hydrogens (tertiary/aromatic N) is 3. The van der Waals surface area contributed by atoms with Crippen LogP contribution >= 0.6 is 11.8 Å². The Morgan fingerprint density at radius 2 is 2.47 bits per heavy atom. The summed E-state index contributed by atoms with van der Waals surface area (Å²) in [6.07, 6.45) is 5.42. The van der Waals surface area contributed by atoms with Gasteiger partial charge >= 0.3 is 0 Å². The molecule has 17 heavy (non-hydrogen) atoms. The third kappa shape index (κ3) is 1.78. The van der Waals surface area contributed by atoms with Crippen LogP contribution in [0, 0.1) is 10.1 Å². The fourth-order valence-corrected chi connectivity index (χ4v) is 2.56. The van der Waals surface area contributed by atoms with Gasteiger partial charge in [-0.05, 0) is 11.8 Å². The molecule has 2 aromatic rings. The minimum atomic E-state index is -0.627. The first-order valence-corrected chi connectivity index (χ1v) is 5.83. The van der Waals surface area contributed by atoms with Crippen molar-refractivity contribution < 1.29 is 9.34 Å². The average molecular weight is 249 g/mol. The molecule has 0 saturated heterocycles. The van der Waals surface area contributed by atoms with E-state index in [4.69, 9.17) is 4.42 Å². The summed E-state index contributed by atoms with van der Waals surface area (Å²) in [4.78, 5) is 19.3. The summed E-state index contributed by atoms with van der Waals surface area (Å²) in [7, 11) is 0. The normalized spacial score (nSPS) is 19.5. The van der Waals surface area contributed by atoms with Gasteiger partial charge < -0.3 is 4.42 Å². The second-order valence-electron chi connectivity index (χ2n) is 3.52. The van der Waals surface area contributed by atoms with Crippen LogP contribution in [-0.4, -0.2) is 20.3 Å². The van der Waals surface area contributed by atoms with Crippen molar-refractivity contribution in [2.45, 2.75) is 11.8 Å². The highest BCUT2D eigenvalue weighted by molar-refractivity contribution is 8.08. The van der Waals surface area contributed by atoms with Gasteiger partial charge in [0, 0.05) is 23.6 Å². The Morgan fingerprint density at radius 1 is 1.59 bits per heavy atom. The molecule has 1 aliphatic heterocycles. The van der Waals surface area contributed by atoms with E-state index in [0.29, 0.717) is 23.4 Å². The van der Waals surface area contributed by atoms with E-state index in [1.807, 2.05) is 0 Å². The Labute approximate surface area is 99.9 Å². The summed E-state index contributed by atoms with van der Waals surface area (Å²) in [6.45, 7) is 0. The van der Waals surface area contributed by atoms with Crippen LogP contribution < -0.4 is 0 Å². The summed E-state index contributed by atoms with van der Waals surface area (Å²) < 4.78 is 5.52. The lowest BCUT2D eigenvalue weighted by atomic mass is 10.4. The minimum Gasteiger partial charge on any atom is -0.435 e. The van der Waals surface area contributed by atoms with Crippen LogP contribution in [0.5, 0.6) is 0 Å². The number of hydrogen-bond acceptors (Lipinski definition) is 6. The molecule has 0 spiro atoms. The Kier molecular flexibility index (Phi) is 2.32. The smallest absolute Gasteiger partial charge is 0.266 e. The van der Waals surface area contributed by atoms with Crippen LogP contribution in [0.3, 0.4) is 0 Å². The van der Waals surface area contributed by atoms with Crippen LogP contribution in [0.4, 0.5) is 0 Å². The maximum Gasteiger partial charge on any atom is 0.266 e. The molecule has 86 valence electrons. The Hall–Kier alpha value is -1.89. The number of nitro groups is 1. The van der Waals surface area contributed by atoms with Crippen molar-refractivity contribution in [3.8, 4) is 0 Å². The molecule has 2 aromatic heterocycles. The maximum atomic E-state index is 10.6. The molecule has 0 N–H and O–H groups in total. The molecule has 0 amide bonds. The van der Waals surface area contributed by atoms with E-state index in [1.54, 1.807) is 24.5 Å². The van der Waals surface area contributed by atoms with Crippen LogP contribution in [-0.2, 0) is 0 Å². The van der Waals surface area contributed by atoms with Crippen molar-refractivity contribution in [3.05, 3.63) is 40.5 Å². The molecule has 1 unspecified atom stereocenters. The molecule has 0 radical (unpaired) electrons. The monoisotopic (exact) mass is 249 g/mol. The van der Waals surface area contributed by atoms with Gasteiger partial charge in [-0.1, -0.05) is 6.08 Å². The van der Waals surface area contributed by atoms with Crippen molar-refractivity contribution in [2.24, 2.45) is 0 Å². The Morgan fingerprint density at radius 3 is 3.18 bits per heavy atom. The van der Waals surface area contributed by atoms with E-state index in [2.05, 4.69) is 9.97 Å². The quantitative estimate of drug-likeness (QED) is 0.600. The third-order valence-electron chi connectivity index (χ3n) is 2.40. The fourth-order valence-electron chi connectivity index (χ4n) is 1.60. The SMILES string of the molecule is O=[N+]([O-])C1CC=C(c2nc3cnccc3o2)S1. The van der Waals surface area contributed by atoms with Crippen LogP contribution in [0.2, 0.25) is 0 Å². The molecule has 0 fully saturated rings. The van der Waals surface area contributed by atoms with E-state index in [9.17, 15) is 10.1 Å². The zero-order valence-corrected chi connectivity index (χ0v) is 9.38. The summed E-state index contributed by atoms with van der Waals surface area (Å²) in [5.74, 6) is 0.433. The van der Waals surface area contributed by atoms with Gasteiger partial charge in [0.1, 0.15) is 5.52 Å². The molecule has 0 bridgehead atoms. The van der Waals surface area contributed by atoms with E-state index < -0.39 is 5.37 Å². The molecule has 0 aliphatic carbocycles. The highest BCUT2D eigenvalue weighted by Crippen LogP contribution is 2.39. The highest BCUT2D eigenvalue weighted by atomic mass is 32.2. The molecule has 1 aliphatic rings. The number of thioether (sulfide) groups is 1. The van der Waals surface area contributed by atoms with E-state index in [1.165, 1.54) is 11.8 Å². The Bertz CT molecular complexity index is 589. The first kappa shape index (κ1) is 10.3. The number of oxazole rings is 1. The van der Waals surface area contributed by atoms with E-state index in [0.717, 1.165) is 4.91 Å². The minimum absolute atomic E-state index is 0.293. The van der Waals surface area contributed by atoms with Crippen LogP contribution in [0.15, 0.2) is 29.0 Å². The molecule has 1 atom stereocenters.